The van der Waals surface area contributed by atoms with Crippen LogP contribution in [0, 0.1) is 0 Å². The van der Waals surface area contributed by atoms with Crippen molar-refractivity contribution in [2.75, 3.05) is 17.7 Å². The van der Waals surface area contributed by atoms with E-state index in [4.69, 9.17) is 16.3 Å². The van der Waals surface area contributed by atoms with Crippen molar-refractivity contribution in [1.29, 1.82) is 0 Å². The minimum Gasteiger partial charge on any atom is -0.497 e. The Kier molecular flexibility index (Phi) is 6.46. The van der Waals surface area contributed by atoms with E-state index in [2.05, 4.69) is 10.6 Å². The fourth-order valence-electron chi connectivity index (χ4n) is 2.29. The van der Waals surface area contributed by atoms with Crippen molar-refractivity contribution < 1.29 is 14.6 Å². The molecule has 2 aromatic carbocycles. The molecule has 0 saturated heterocycles. The summed E-state index contributed by atoms with van der Waals surface area (Å²) in [6.45, 7) is 1.84. The molecule has 0 bridgehead atoms. The molecule has 0 aliphatic carbocycles. The quantitative estimate of drug-likeness (QED) is 0.714. The summed E-state index contributed by atoms with van der Waals surface area (Å²) in [5.74, 6) is 0.573. The molecule has 0 aromatic heterocycles. The Hall–Kier alpha value is -2.24. The molecule has 0 aliphatic rings. The first kappa shape index (κ1) is 18.1. The van der Waals surface area contributed by atoms with Crippen LogP contribution in [0.2, 0.25) is 5.02 Å². The van der Waals surface area contributed by atoms with Gasteiger partial charge in [0, 0.05) is 24.2 Å². The summed E-state index contributed by atoms with van der Waals surface area (Å²) in [6.07, 6.45) is 0.275. The predicted molar refractivity (Wildman–Crippen MR) is 96.7 cm³/mol. The molecule has 2 rings (SSSR count). The van der Waals surface area contributed by atoms with E-state index in [0.29, 0.717) is 22.1 Å². The molecule has 1 unspecified atom stereocenters. The SMILES string of the molecule is COc1cccc(NC(=O)CC(C)Nc2cc(CO)ccc2Cl)c1. The van der Waals surface area contributed by atoms with Crippen molar-refractivity contribution in [3.05, 3.63) is 53.1 Å². The second-order valence-corrected chi connectivity index (χ2v) is 5.91. The van der Waals surface area contributed by atoms with Crippen molar-refractivity contribution in [3.8, 4) is 5.75 Å². The molecule has 2 aromatic rings. The number of aliphatic hydroxyl groups excluding tert-OH is 1. The molecular formula is C18H21ClN2O3. The average Bonchev–Trinajstić information content (AvgIpc) is 2.56. The Morgan fingerprint density at radius 3 is 2.79 bits per heavy atom. The third-order valence-electron chi connectivity index (χ3n) is 3.46. The number of carbonyl (C=O) groups is 1. The number of amides is 1. The van der Waals surface area contributed by atoms with E-state index in [-0.39, 0.29) is 25.0 Å². The van der Waals surface area contributed by atoms with Crippen LogP contribution < -0.4 is 15.4 Å². The van der Waals surface area contributed by atoms with Crippen molar-refractivity contribution in [2.24, 2.45) is 0 Å². The zero-order valence-electron chi connectivity index (χ0n) is 13.7. The van der Waals surface area contributed by atoms with E-state index in [0.717, 1.165) is 5.56 Å². The molecule has 24 heavy (non-hydrogen) atoms. The van der Waals surface area contributed by atoms with Gasteiger partial charge in [0.2, 0.25) is 5.91 Å². The van der Waals surface area contributed by atoms with Gasteiger partial charge in [-0.05, 0) is 36.8 Å². The molecule has 6 heteroatoms. The minimum atomic E-state index is -0.123. The lowest BCUT2D eigenvalue weighted by Gasteiger charge is -2.17. The van der Waals surface area contributed by atoms with Crippen LogP contribution in [-0.2, 0) is 11.4 Å². The Labute approximate surface area is 146 Å². The maximum atomic E-state index is 12.2. The van der Waals surface area contributed by atoms with E-state index in [1.165, 1.54) is 0 Å². The Morgan fingerprint density at radius 2 is 2.08 bits per heavy atom. The predicted octanol–water partition coefficient (Wildman–Crippen LogP) is 3.67. The fraction of sp³-hybridized carbons (Fsp3) is 0.278. The normalized spacial score (nSPS) is 11.7. The molecule has 0 saturated carbocycles. The van der Waals surface area contributed by atoms with Crippen LogP contribution in [0.3, 0.4) is 0 Å². The molecular weight excluding hydrogens is 328 g/mol. The van der Waals surface area contributed by atoms with Crippen molar-refractivity contribution in [1.82, 2.24) is 0 Å². The summed E-state index contributed by atoms with van der Waals surface area (Å²) in [6, 6.07) is 12.3. The Morgan fingerprint density at radius 1 is 1.29 bits per heavy atom. The number of carbonyl (C=O) groups excluding carboxylic acids is 1. The molecule has 1 atom stereocenters. The highest BCUT2D eigenvalue weighted by atomic mass is 35.5. The van der Waals surface area contributed by atoms with E-state index in [1.54, 1.807) is 37.4 Å². The second kappa shape index (κ2) is 8.57. The van der Waals surface area contributed by atoms with Gasteiger partial charge in [0.25, 0.3) is 0 Å². The maximum absolute atomic E-state index is 12.2. The van der Waals surface area contributed by atoms with Gasteiger partial charge in [-0.25, -0.2) is 0 Å². The van der Waals surface area contributed by atoms with Crippen LogP contribution in [0.15, 0.2) is 42.5 Å². The van der Waals surface area contributed by atoms with Crippen LogP contribution >= 0.6 is 11.6 Å². The molecule has 0 fully saturated rings. The van der Waals surface area contributed by atoms with Gasteiger partial charge in [0.1, 0.15) is 5.75 Å². The fourth-order valence-corrected chi connectivity index (χ4v) is 2.46. The number of rotatable bonds is 7. The molecule has 0 spiro atoms. The molecule has 0 heterocycles. The number of hydrogen-bond donors (Lipinski definition) is 3. The zero-order valence-corrected chi connectivity index (χ0v) is 14.4. The van der Waals surface area contributed by atoms with Crippen molar-refractivity contribution in [3.63, 3.8) is 0 Å². The van der Waals surface area contributed by atoms with Gasteiger partial charge in [0.05, 0.1) is 24.4 Å². The number of ether oxygens (including phenoxy) is 1. The third kappa shape index (κ3) is 5.15. The number of halogens is 1. The van der Waals surface area contributed by atoms with Crippen molar-refractivity contribution in [2.45, 2.75) is 26.0 Å². The summed E-state index contributed by atoms with van der Waals surface area (Å²) in [4.78, 5) is 12.2. The number of nitrogens with one attached hydrogen (secondary N) is 2. The number of benzene rings is 2. The molecule has 1 amide bonds. The summed E-state index contributed by atoms with van der Waals surface area (Å²) in [7, 11) is 1.58. The first-order valence-electron chi connectivity index (χ1n) is 7.61. The van der Waals surface area contributed by atoms with Gasteiger partial charge in [0.15, 0.2) is 0 Å². The van der Waals surface area contributed by atoms with E-state index in [9.17, 15) is 9.90 Å². The second-order valence-electron chi connectivity index (χ2n) is 5.50. The van der Waals surface area contributed by atoms with Gasteiger partial charge in [-0.1, -0.05) is 23.7 Å². The van der Waals surface area contributed by atoms with E-state index < -0.39 is 0 Å². The molecule has 5 nitrogen and oxygen atoms in total. The molecule has 0 aliphatic heterocycles. The topological polar surface area (TPSA) is 70.6 Å². The van der Waals surface area contributed by atoms with Crippen LogP contribution in [0.4, 0.5) is 11.4 Å². The van der Waals surface area contributed by atoms with Crippen molar-refractivity contribution >= 4 is 28.9 Å². The number of aliphatic hydroxyl groups is 1. The highest BCUT2D eigenvalue weighted by Gasteiger charge is 2.11. The molecule has 3 N–H and O–H groups in total. The van der Waals surface area contributed by atoms with E-state index in [1.807, 2.05) is 19.1 Å². The summed E-state index contributed by atoms with van der Waals surface area (Å²) in [5.41, 5.74) is 2.15. The average molecular weight is 349 g/mol. The third-order valence-corrected chi connectivity index (χ3v) is 3.79. The lowest BCUT2D eigenvalue weighted by atomic mass is 10.1. The summed E-state index contributed by atoms with van der Waals surface area (Å²) < 4.78 is 5.13. The number of anilines is 2. The summed E-state index contributed by atoms with van der Waals surface area (Å²) >= 11 is 6.14. The van der Waals surface area contributed by atoms with E-state index >= 15 is 0 Å². The standard InChI is InChI=1S/C18H21ClN2O3/c1-12(20-17-9-13(11-22)6-7-16(17)19)8-18(23)21-14-4-3-5-15(10-14)24-2/h3-7,9-10,12,20,22H,8,11H2,1-2H3,(H,21,23). The Bertz CT molecular complexity index is 706. The maximum Gasteiger partial charge on any atom is 0.226 e. The Balaban J connectivity index is 1.94. The largest absolute Gasteiger partial charge is 0.497 e. The minimum absolute atomic E-state index is 0.0590. The van der Waals surface area contributed by atoms with Crippen LogP contribution in [0.5, 0.6) is 5.75 Å². The van der Waals surface area contributed by atoms with Crippen LogP contribution in [0.1, 0.15) is 18.9 Å². The van der Waals surface area contributed by atoms with Gasteiger partial charge < -0.3 is 20.5 Å². The number of hydrogen-bond acceptors (Lipinski definition) is 4. The van der Waals surface area contributed by atoms with Gasteiger partial charge in [-0.3, -0.25) is 4.79 Å². The highest BCUT2D eigenvalue weighted by molar-refractivity contribution is 6.33. The summed E-state index contributed by atoms with van der Waals surface area (Å²) in [5, 5.41) is 15.8. The smallest absolute Gasteiger partial charge is 0.226 e. The molecule has 0 radical (unpaired) electrons. The molecule has 128 valence electrons. The first-order valence-corrected chi connectivity index (χ1v) is 7.99. The number of methoxy groups -OCH3 is 1. The zero-order chi connectivity index (χ0) is 17.5. The monoisotopic (exact) mass is 348 g/mol. The lowest BCUT2D eigenvalue weighted by molar-refractivity contribution is -0.116. The van der Waals surface area contributed by atoms with Gasteiger partial charge in [-0.2, -0.15) is 0 Å². The van der Waals surface area contributed by atoms with Crippen LogP contribution in [0.25, 0.3) is 0 Å². The highest BCUT2D eigenvalue weighted by Crippen LogP contribution is 2.24. The first-order chi connectivity index (χ1) is 11.5. The van der Waals surface area contributed by atoms with Gasteiger partial charge in [-0.15, -0.1) is 0 Å². The lowest BCUT2D eigenvalue weighted by Crippen LogP contribution is -2.24. The van der Waals surface area contributed by atoms with Crippen LogP contribution in [-0.4, -0.2) is 24.2 Å². The van der Waals surface area contributed by atoms with Gasteiger partial charge >= 0.3 is 0 Å².